The number of hydrogen-bond acceptors (Lipinski definition) is 4. The molecule has 1 heterocycles. The molecular formula is C10H22N2O3S. The van der Waals surface area contributed by atoms with Crippen LogP contribution in [-0.4, -0.2) is 57.9 Å². The quantitative estimate of drug-likeness (QED) is 0.618. The highest BCUT2D eigenvalue weighted by molar-refractivity contribution is 7.89. The van der Waals surface area contributed by atoms with Gasteiger partial charge in [0, 0.05) is 32.8 Å². The van der Waals surface area contributed by atoms with Gasteiger partial charge in [0.05, 0.1) is 5.75 Å². The molecule has 6 heteroatoms. The van der Waals surface area contributed by atoms with Gasteiger partial charge in [0.25, 0.3) is 0 Å². The van der Waals surface area contributed by atoms with Crippen LogP contribution in [-0.2, 0) is 14.8 Å². The van der Waals surface area contributed by atoms with Crippen molar-refractivity contribution >= 4 is 10.0 Å². The summed E-state index contributed by atoms with van der Waals surface area (Å²) in [6, 6.07) is 0. The predicted octanol–water partition coefficient (Wildman–Crippen LogP) is 0.0381. The maximum atomic E-state index is 11.4. The van der Waals surface area contributed by atoms with Gasteiger partial charge in [0.1, 0.15) is 0 Å². The molecule has 1 N–H and O–H groups in total. The van der Waals surface area contributed by atoms with E-state index in [2.05, 4.69) is 5.32 Å². The molecule has 1 fully saturated rings. The second kappa shape index (κ2) is 7.21. The lowest BCUT2D eigenvalue weighted by atomic mass is 10.4. The van der Waals surface area contributed by atoms with Gasteiger partial charge in [0.2, 0.25) is 10.0 Å². The molecule has 1 saturated heterocycles. The molecule has 0 radical (unpaired) electrons. The van der Waals surface area contributed by atoms with E-state index in [1.165, 1.54) is 0 Å². The van der Waals surface area contributed by atoms with Crippen LogP contribution in [0.1, 0.15) is 19.8 Å². The SMILES string of the molecule is CCOCCCNCCN1CCCS1(=O)=O. The maximum absolute atomic E-state index is 11.4. The van der Waals surface area contributed by atoms with Gasteiger partial charge in [0.15, 0.2) is 0 Å². The van der Waals surface area contributed by atoms with Crippen LogP contribution in [0, 0.1) is 0 Å². The van der Waals surface area contributed by atoms with Gasteiger partial charge in [-0.2, -0.15) is 0 Å². The molecule has 0 unspecified atom stereocenters. The fourth-order valence-corrected chi connectivity index (χ4v) is 3.24. The van der Waals surface area contributed by atoms with E-state index in [-0.39, 0.29) is 0 Å². The third-order valence-electron chi connectivity index (χ3n) is 2.59. The summed E-state index contributed by atoms with van der Waals surface area (Å²) < 4.78 is 29.7. The monoisotopic (exact) mass is 250 g/mol. The smallest absolute Gasteiger partial charge is 0.214 e. The molecule has 96 valence electrons. The van der Waals surface area contributed by atoms with Gasteiger partial charge in [-0.15, -0.1) is 0 Å². The molecule has 0 bridgehead atoms. The lowest BCUT2D eigenvalue weighted by molar-refractivity contribution is 0.144. The topological polar surface area (TPSA) is 58.6 Å². The number of sulfonamides is 1. The van der Waals surface area contributed by atoms with E-state index in [0.717, 1.165) is 39.1 Å². The lowest BCUT2D eigenvalue weighted by Crippen LogP contribution is -2.33. The van der Waals surface area contributed by atoms with Gasteiger partial charge in [-0.3, -0.25) is 0 Å². The van der Waals surface area contributed by atoms with Crippen molar-refractivity contribution in [3.8, 4) is 0 Å². The Hall–Kier alpha value is -0.170. The largest absolute Gasteiger partial charge is 0.382 e. The van der Waals surface area contributed by atoms with Crippen molar-refractivity contribution in [3.05, 3.63) is 0 Å². The summed E-state index contributed by atoms with van der Waals surface area (Å²) in [6.07, 6.45) is 1.74. The highest BCUT2D eigenvalue weighted by atomic mass is 32.2. The van der Waals surface area contributed by atoms with Gasteiger partial charge in [-0.1, -0.05) is 0 Å². The molecule has 0 aromatic rings. The molecule has 0 aromatic heterocycles. The Bertz CT molecular complexity index is 280. The van der Waals surface area contributed by atoms with Crippen LogP contribution in [0.2, 0.25) is 0 Å². The minimum atomic E-state index is -2.92. The number of nitrogens with one attached hydrogen (secondary N) is 1. The molecular weight excluding hydrogens is 228 g/mol. The highest BCUT2D eigenvalue weighted by Gasteiger charge is 2.27. The van der Waals surface area contributed by atoms with E-state index in [1.807, 2.05) is 6.92 Å². The summed E-state index contributed by atoms with van der Waals surface area (Å²) in [6.45, 7) is 6.39. The minimum Gasteiger partial charge on any atom is -0.382 e. The van der Waals surface area contributed by atoms with Crippen molar-refractivity contribution in [3.63, 3.8) is 0 Å². The van der Waals surface area contributed by atoms with Crippen LogP contribution in [0.5, 0.6) is 0 Å². The second-order valence-electron chi connectivity index (χ2n) is 3.87. The van der Waals surface area contributed by atoms with E-state index in [0.29, 0.717) is 18.8 Å². The van der Waals surface area contributed by atoms with E-state index >= 15 is 0 Å². The van der Waals surface area contributed by atoms with Crippen molar-refractivity contribution < 1.29 is 13.2 Å². The first-order chi connectivity index (χ1) is 7.67. The third-order valence-corrected chi connectivity index (χ3v) is 4.54. The van der Waals surface area contributed by atoms with Crippen LogP contribution >= 0.6 is 0 Å². The summed E-state index contributed by atoms with van der Waals surface area (Å²) in [4.78, 5) is 0. The summed E-state index contributed by atoms with van der Waals surface area (Å²) in [5.41, 5.74) is 0. The zero-order chi connectivity index (χ0) is 11.9. The molecule has 1 aliphatic heterocycles. The summed E-state index contributed by atoms with van der Waals surface area (Å²) in [7, 11) is -2.92. The zero-order valence-electron chi connectivity index (χ0n) is 9.94. The Balaban J connectivity index is 1.99. The molecule has 0 amide bonds. The Labute approximate surface area is 98.2 Å². The summed E-state index contributed by atoms with van der Waals surface area (Å²) in [5.74, 6) is 0.317. The van der Waals surface area contributed by atoms with E-state index in [4.69, 9.17) is 4.74 Å². The van der Waals surface area contributed by atoms with Gasteiger partial charge in [-0.05, 0) is 26.3 Å². The Morgan fingerprint density at radius 2 is 2.19 bits per heavy atom. The Kier molecular flexibility index (Phi) is 6.26. The van der Waals surface area contributed by atoms with Crippen LogP contribution in [0.3, 0.4) is 0 Å². The first-order valence-corrected chi connectivity index (χ1v) is 7.54. The van der Waals surface area contributed by atoms with Gasteiger partial charge < -0.3 is 10.1 Å². The fourth-order valence-electron chi connectivity index (χ4n) is 1.71. The zero-order valence-corrected chi connectivity index (χ0v) is 10.8. The van der Waals surface area contributed by atoms with Crippen molar-refractivity contribution in [1.82, 2.24) is 9.62 Å². The minimum absolute atomic E-state index is 0.317. The van der Waals surface area contributed by atoms with Crippen molar-refractivity contribution in [2.45, 2.75) is 19.8 Å². The lowest BCUT2D eigenvalue weighted by Gasteiger charge is -2.14. The molecule has 0 aromatic carbocycles. The summed E-state index contributed by atoms with van der Waals surface area (Å²) in [5, 5.41) is 3.22. The average molecular weight is 250 g/mol. The molecule has 5 nitrogen and oxygen atoms in total. The standard InChI is InChI=1S/C10H22N2O3S/c1-2-15-9-3-5-11-6-8-12-7-4-10-16(12,13)14/h11H,2-10H2,1H3. The molecule has 0 atom stereocenters. The number of rotatable bonds is 8. The van der Waals surface area contributed by atoms with Crippen molar-refractivity contribution in [2.75, 3.05) is 45.1 Å². The fraction of sp³-hybridized carbons (Fsp3) is 1.00. The number of nitrogens with zero attached hydrogens (tertiary/aromatic N) is 1. The molecule has 1 rings (SSSR count). The van der Waals surface area contributed by atoms with Crippen LogP contribution < -0.4 is 5.32 Å². The van der Waals surface area contributed by atoms with E-state index in [1.54, 1.807) is 4.31 Å². The van der Waals surface area contributed by atoms with E-state index < -0.39 is 10.0 Å². The maximum Gasteiger partial charge on any atom is 0.214 e. The predicted molar refractivity (Wildman–Crippen MR) is 64.0 cm³/mol. The molecule has 0 saturated carbocycles. The van der Waals surface area contributed by atoms with E-state index in [9.17, 15) is 8.42 Å². The first kappa shape index (κ1) is 13.9. The molecule has 0 spiro atoms. The second-order valence-corrected chi connectivity index (χ2v) is 5.96. The van der Waals surface area contributed by atoms with Crippen LogP contribution in [0.15, 0.2) is 0 Å². The highest BCUT2D eigenvalue weighted by Crippen LogP contribution is 2.11. The van der Waals surface area contributed by atoms with Crippen molar-refractivity contribution in [2.24, 2.45) is 0 Å². The van der Waals surface area contributed by atoms with Crippen LogP contribution in [0.25, 0.3) is 0 Å². The normalized spacial score (nSPS) is 20.3. The first-order valence-electron chi connectivity index (χ1n) is 5.93. The Morgan fingerprint density at radius 1 is 1.38 bits per heavy atom. The third kappa shape index (κ3) is 4.78. The van der Waals surface area contributed by atoms with Crippen LogP contribution in [0.4, 0.5) is 0 Å². The van der Waals surface area contributed by atoms with Gasteiger partial charge >= 0.3 is 0 Å². The Morgan fingerprint density at radius 3 is 2.81 bits per heavy atom. The summed E-state index contributed by atoms with van der Waals surface area (Å²) >= 11 is 0. The van der Waals surface area contributed by atoms with Gasteiger partial charge in [-0.25, -0.2) is 12.7 Å². The average Bonchev–Trinajstić information content (AvgIpc) is 2.57. The molecule has 1 aliphatic rings. The number of ether oxygens (including phenoxy) is 1. The van der Waals surface area contributed by atoms with Crippen molar-refractivity contribution in [1.29, 1.82) is 0 Å². The molecule has 16 heavy (non-hydrogen) atoms. The molecule has 0 aliphatic carbocycles. The number of hydrogen-bond donors (Lipinski definition) is 1.